The van der Waals surface area contributed by atoms with Crippen LogP contribution < -0.4 is 4.90 Å². The van der Waals surface area contributed by atoms with Crippen molar-refractivity contribution in [3.8, 4) is 11.3 Å². The van der Waals surface area contributed by atoms with Gasteiger partial charge in [0.1, 0.15) is 5.82 Å². The lowest BCUT2D eigenvalue weighted by Crippen LogP contribution is -2.22. The number of thiazole rings is 1. The number of carbonyl (C=O) groups is 1. The van der Waals surface area contributed by atoms with Crippen molar-refractivity contribution in [2.75, 3.05) is 18.0 Å². The Kier molecular flexibility index (Phi) is 3.40. The monoisotopic (exact) mass is 292 g/mol. The Labute approximate surface area is 119 Å². The van der Waals surface area contributed by atoms with Crippen LogP contribution in [0.5, 0.6) is 0 Å². The molecule has 2 heterocycles. The molecule has 0 aliphatic carbocycles. The van der Waals surface area contributed by atoms with Crippen molar-refractivity contribution in [3.05, 3.63) is 35.5 Å². The summed E-state index contributed by atoms with van der Waals surface area (Å²) in [6.07, 6.45) is 0.629. The molecule has 1 aromatic carbocycles. The summed E-state index contributed by atoms with van der Waals surface area (Å²) in [4.78, 5) is 17.3. The van der Waals surface area contributed by atoms with Crippen molar-refractivity contribution in [3.63, 3.8) is 0 Å². The topological polar surface area (TPSA) is 53.4 Å². The summed E-state index contributed by atoms with van der Waals surface area (Å²) in [6, 6.07) is 6.51. The molecule has 1 fully saturated rings. The number of carboxylic acid groups (broad SMARTS) is 1. The molecule has 1 aromatic heterocycles. The van der Waals surface area contributed by atoms with Crippen molar-refractivity contribution in [2.24, 2.45) is 5.92 Å². The highest BCUT2D eigenvalue weighted by Crippen LogP contribution is 2.31. The van der Waals surface area contributed by atoms with Gasteiger partial charge < -0.3 is 10.0 Å². The average Bonchev–Trinajstić information content (AvgIpc) is 3.08. The summed E-state index contributed by atoms with van der Waals surface area (Å²) in [5.41, 5.74) is 1.07. The first kappa shape index (κ1) is 13.1. The molecular weight excluding hydrogens is 279 g/mol. The second kappa shape index (κ2) is 5.20. The number of benzene rings is 1. The molecule has 1 atom stereocenters. The maximum Gasteiger partial charge on any atom is 0.308 e. The van der Waals surface area contributed by atoms with Gasteiger partial charge in [-0.2, -0.15) is 0 Å². The minimum atomic E-state index is -0.765. The number of carboxylic acids is 1. The lowest BCUT2D eigenvalue weighted by molar-refractivity contribution is -0.140. The van der Waals surface area contributed by atoms with Crippen LogP contribution >= 0.6 is 11.3 Å². The highest BCUT2D eigenvalue weighted by Gasteiger charge is 2.29. The third-order valence-corrected chi connectivity index (χ3v) is 4.35. The zero-order valence-corrected chi connectivity index (χ0v) is 11.4. The largest absolute Gasteiger partial charge is 0.481 e. The van der Waals surface area contributed by atoms with Crippen LogP contribution in [0.1, 0.15) is 6.42 Å². The summed E-state index contributed by atoms with van der Waals surface area (Å²) in [5.74, 6) is -1.40. The van der Waals surface area contributed by atoms with Crippen LogP contribution in [0, 0.1) is 11.7 Å². The Bertz CT molecular complexity index is 644. The minimum absolute atomic E-state index is 0.297. The van der Waals surface area contributed by atoms with Crippen LogP contribution in [0.3, 0.4) is 0 Å². The number of hydrogen-bond acceptors (Lipinski definition) is 4. The molecule has 6 heteroatoms. The van der Waals surface area contributed by atoms with Gasteiger partial charge in [0, 0.05) is 24.0 Å². The van der Waals surface area contributed by atoms with E-state index in [1.807, 2.05) is 10.3 Å². The highest BCUT2D eigenvalue weighted by molar-refractivity contribution is 7.14. The Balaban J connectivity index is 1.81. The number of aromatic nitrogens is 1. The second-order valence-electron chi connectivity index (χ2n) is 4.77. The first-order valence-electron chi connectivity index (χ1n) is 6.33. The molecule has 3 rings (SSSR count). The van der Waals surface area contributed by atoms with E-state index in [9.17, 15) is 9.18 Å². The predicted octanol–water partition coefficient (Wildman–Crippen LogP) is 2.86. The van der Waals surface area contributed by atoms with Gasteiger partial charge in [-0.15, -0.1) is 11.3 Å². The highest BCUT2D eigenvalue weighted by atomic mass is 32.1. The van der Waals surface area contributed by atoms with Gasteiger partial charge in [0.15, 0.2) is 5.13 Å². The Morgan fingerprint density at radius 3 is 2.95 bits per heavy atom. The van der Waals surface area contributed by atoms with E-state index < -0.39 is 5.97 Å². The molecule has 1 unspecified atom stereocenters. The smallest absolute Gasteiger partial charge is 0.308 e. The fourth-order valence-corrected chi connectivity index (χ4v) is 3.20. The normalized spacial score (nSPS) is 18.4. The molecular formula is C14H13FN2O2S. The molecule has 2 aromatic rings. The Morgan fingerprint density at radius 2 is 2.25 bits per heavy atom. The molecule has 0 radical (unpaired) electrons. The SMILES string of the molecule is O=C(O)C1CCN(c2nc(-c3ccccc3F)cs2)C1. The molecule has 1 saturated heterocycles. The number of nitrogens with zero attached hydrogens (tertiary/aromatic N) is 2. The molecule has 1 aliphatic rings. The van der Waals surface area contributed by atoms with Gasteiger partial charge >= 0.3 is 5.97 Å². The zero-order valence-electron chi connectivity index (χ0n) is 10.6. The summed E-state index contributed by atoms with van der Waals surface area (Å²) in [5, 5.41) is 11.6. The van der Waals surface area contributed by atoms with Crippen LogP contribution in [-0.4, -0.2) is 29.1 Å². The predicted molar refractivity (Wildman–Crippen MR) is 75.5 cm³/mol. The lowest BCUT2D eigenvalue weighted by atomic mass is 10.1. The van der Waals surface area contributed by atoms with E-state index in [1.54, 1.807) is 18.2 Å². The van der Waals surface area contributed by atoms with E-state index in [-0.39, 0.29) is 11.7 Å². The fraction of sp³-hybridized carbons (Fsp3) is 0.286. The molecule has 4 nitrogen and oxygen atoms in total. The maximum atomic E-state index is 13.7. The number of aliphatic carboxylic acids is 1. The van der Waals surface area contributed by atoms with Crippen LogP contribution in [0.4, 0.5) is 9.52 Å². The number of hydrogen-bond donors (Lipinski definition) is 1. The number of rotatable bonds is 3. The van der Waals surface area contributed by atoms with Gasteiger partial charge in [-0.25, -0.2) is 9.37 Å². The van der Waals surface area contributed by atoms with Crippen LogP contribution in [0.25, 0.3) is 11.3 Å². The maximum absolute atomic E-state index is 13.7. The lowest BCUT2D eigenvalue weighted by Gasteiger charge is -2.13. The number of anilines is 1. The molecule has 1 N–H and O–H groups in total. The van der Waals surface area contributed by atoms with Gasteiger partial charge in [-0.3, -0.25) is 4.79 Å². The van der Waals surface area contributed by atoms with E-state index in [4.69, 9.17) is 5.11 Å². The standard InChI is InChI=1S/C14H13FN2O2S/c15-11-4-2-1-3-10(11)12-8-20-14(16-12)17-6-5-9(7-17)13(18)19/h1-4,8-9H,5-7H2,(H,18,19). The third-order valence-electron chi connectivity index (χ3n) is 3.45. The molecule has 104 valence electrons. The van der Waals surface area contributed by atoms with Gasteiger partial charge in [0.2, 0.25) is 0 Å². The van der Waals surface area contributed by atoms with Crippen molar-refractivity contribution in [2.45, 2.75) is 6.42 Å². The molecule has 1 aliphatic heterocycles. The first-order chi connectivity index (χ1) is 9.65. The number of halogens is 1. The third kappa shape index (κ3) is 2.38. The molecule has 0 bridgehead atoms. The summed E-state index contributed by atoms with van der Waals surface area (Å²) >= 11 is 1.42. The Morgan fingerprint density at radius 1 is 1.45 bits per heavy atom. The molecule has 20 heavy (non-hydrogen) atoms. The average molecular weight is 292 g/mol. The minimum Gasteiger partial charge on any atom is -0.481 e. The van der Waals surface area contributed by atoms with Crippen molar-refractivity contribution in [1.82, 2.24) is 4.98 Å². The summed E-state index contributed by atoms with van der Waals surface area (Å²) < 4.78 is 13.7. The summed E-state index contributed by atoms with van der Waals surface area (Å²) in [6.45, 7) is 1.15. The quantitative estimate of drug-likeness (QED) is 0.945. The van der Waals surface area contributed by atoms with Gasteiger partial charge in [-0.1, -0.05) is 12.1 Å². The second-order valence-corrected chi connectivity index (χ2v) is 5.60. The van der Waals surface area contributed by atoms with Crippen molar-refractivity contribution < 1.29 is 14.3 Å². The first-order valence-corrected chi connectivity index (χ1v) is 7.21. The Hall–Kier alpha value is -1.95. The summed E-state index contributed by atoms with van der Waals surface area (Å²) in [7, 11) is 0. The van der Waals surface area contributed by atoms with Crippen LogP contribution in [-0.2, 0) is 4.79 Å². The van der Waals surface area contributed by atoms with Crippen molar-refractivity contribution in [1.29, 1.82) is 0 Å². The van der Waals surface area contributed by atoms with E-state index in [0.29, 0.717) is 30.8 Å². The van der Waals surface area contributed by atoms with E-state index in [2.05, 4.69) is 4.98 Å². The van der Waals surface area contributed by atoms with Gasteiger partial charge in [0.25, 0.3) is 0 Å². The van der Waals surface area contributed by atoms with Crippen molar-refractivity contribution >= 4 is 22.4 Å². The molecule has 0 spiro atoms. The van der Waals surface area contributed by atoms with E-state index >= 15 is 0 Å². The fourth-order valence-electron chi connectivity index (χ4n) is 2.34. The van der Waals surface area contributed by atoms with E-state index in [1.165, 1.54) is 17.4 Å². The van der Waals surface area contributed by atoms with Crippen LogP contribution in [0.2, 0.25) is 0 Å². The van der Waals surface area contributed by atoms with Gasteiger partial charge in [0.05, 0.1) is 11.6 Å². The molecule has 0 amide bonds. The zero-order chi connectivity index (χ0) is 14.1. The molecule has 0 saturated carbocycles. The van der Waals surface area contributed by atoms with Crippen LogP contribution in [0.15, 0.2) is 29.6 Å². The van der Waals surface area contributed by atoms with E-state index in [0.717, 1.165) is 5.13 Å². The van der Waals surface area contributed by atoms with Gasteiger partial charge in [-0.05, 0) is 18.6 Å².